The Balaban J connectivity index is 3.26. The van der Waals surface area contributed by atoms with E-state index in [9.17, 15) is 0 Å². The summed E-state index contributed by atoms with van der Waals surface area (Å²) in [5.74, 6) is 1.88. The molecule has 2 unspecified atom stereocenters. The fourth-order valence-corrected chi connectivity index (χ4v) is 1.71. The molecule has 0 radical (unpaired) electrons. The van der Waals surface area contributed by atoms with Crippen LogP contribution in [-0.4, -0.2) is 7.28 Å². The van der Waals surface area contributed by atoms with Crippen molar-refractivity contribution in [1.29, 1.82) is 0 Å². The van der Waals surface area contributed by atoms with E-state index in [2.05, 4.69) is 27.7 Å². The number of hydrogen-bond acceptors (Lipinski definition) is 0. The smallest absolute Gasteiger partial charge is 0.0803 e. The van der Waals surface area contributed by atoms with Crippen LogP contribution in [0.2, 0.25) is 12.6 Å². The van der Waals surface area contributed by atoms with Crippen LogP contribution in [0.15, 0.2) is 0 Å². The molecule has 0 aliphatic rings. The second-order valence-corrected chi connectivity index (χ2v) is 4.35. The van der Waals surface area contributed by atoms with Gasteiger partial charge in [0, 0.05) is 0 Å². The Bertz CT molecular complexity index is 91.0. The Kier molecular flexibility index (Phi) is 7.74. The second-order valence-electron chi connectivity index (χ2n) is 4.35. The van der Waals surface area contributed by atoms with Crippen LogP contribution < -0.4 is 0 Å². The zero-order valence-corrected chi connectivity index (χ0v) is 9.40. The molecule has 72 valence electrons. The summed E-state index contributed by atoms with van der Waals surface area (Å²) in [6.45, 7) is 9.35. The summed E-state index contributed by atoms with van der Waals surface area (Å²) in [6.07, 6.45) is 7.01. The monoisotopic (exact) mass is 168 g/mol. The van der Waals surface area contributed by atoms with Crippen LogP contribution in [-0.2, 0) is 0 Å². The molecular weight excluding hydrogens is 143 g/mol. The zero-order chi connectivity index (χ0) is 9.40. The Labute approximate surface area is 79.4 Å². The van der Waals surface area contributed by atoms with Gasteiger partial charge in [0.15, 0.2) is 0 Å². The maximum atomic E-state index is 2.40. The Morgan fingerprint density at radius 3 is 2.25 bits per heavy atom. The lowest BCUT2D eigenvalue weighted by atomic mass is 9.69. The molecule has 0 fully saturated rings. The van der Waals surface area contributed by atoms with Crippen molar-refractivity contribution < 1.29 is 0 Å². The SMILES string of the molecule is CCBCCC(C)CC(C)CC. The van der Waals surface area contributed by atoms with E-state index in [1.165, 1.54) is 39.2 Å². The van der Waals surface area contributed by atoms with Gasteiger partial charge in [-0.1, -0.05) is 53.2 Å². The third-order valence-electron chi connectivity index (χ3n) is 2.80. The van der Waals surface area contributed by atoms with Crippen molar-refractivity contribution in [3.05, 3.63) is 0 Å². The minimum absolute atomic E-state index is 0.932. The highest BCUT2D eigenvalue weighted by Gasteiger charge is 2.06. The van der Waals surface area contributed by atoms with Gasteiger partial charge in [0.05, 0.1) is 0 Å². The molecule has 0 spiro atoms. The second kappa shape index (κ2) is 7.70. The summed E-state index contributed by atoms with van der Waals surface area (Å²) in [5, 5.41) is 0. The molecule has 0 bridgehead atoms. The predicted molar refractivity (Wildman–Crippen MR) is 60.3 cm³/mol. The van der Waals surface area contributed by atoms with Crippen molar-refractivity contribution in [1.82, 2.24) is 0 Å². The summed E-state index contributed by atoms with van der Waals surface area (Å²) in [4.78, 5) is 0. The molecule has 12 heavy (non-hydrogen) atoms. The number of rotatable bonds is 7. The fraction of sp³-hybridized carbons (Fsp3) is 1.00. The molecule has 2 atom stereocenters. The zero-order valence-electron chi connectivity index (χ0n) is 9.40. The van der Waals surface area contributed by atoms with Gasteiger partial charge in [0.1, 0.15) is 7.28 Å². The van der Waals surface area contributed by atoms with Gasteiger partial charge in [-0.15, -0.1) is 0 Å². The average molecular weight is 168 g/mol. The molecule has 0 aliphatic carbocycles. The van der Waals surface area contributed by atoms with Gasteiger partial charge in [-0.2, -0.15) is 0 Å². The molecule has 0 aromatic rings. The average Bonchev–Trinajstić information content (AvgIpc) is 2.05. The van der Waals surface area contributed by atoms with Crippen LogP contribution in [0.4, 0.5) is 0 Å². The minimum atomic E-state index is 0.932. The summed E-state index contributed by atoms with van der Waals surface area (Å²) in [6, 6.07) is 0. The van der Waals surface area contributed by atoms with Gasteiger partial charge in [-0.3, -0.25) is 0 Å². The van der Waals surface area contributed by atoms with Crippen LogP contribution in [0.5, 0.6) is 0 Å². The Morgan fingerprint density at radius 2 is 1.75 bits per heavy atom. The molecular formula is C11H25B. The molecule has 0 N–H and O–H groups in total. The highest BCUT2D eigenvalue weighted by molar-refractivity contribution is 6.35. The molecule has 0 rings (SSSR count). The first-order valence-corrected chi connectivity index (χ1v) is 5.70. The van der Waals surface area contributed by atoms with Gasteiger partial charge in [-0.05, 0) is 18.3 Å². The molecule has 0 heterocycles. The van der Waals surface area contributed by atoms with Crippen molar-refractivity contribution in [2.24, 2.45) is 11.8 Å². The first-order valence-electron chi connectivity index (χ1n) is 5.70. The first kappa shape index (κ1) is 12.1. The Hall–Kier alpha value is 0.0649. The lowest BCUT2D eigenvalue weighted by Gasteiger charge is -2.15. The highest BCUT2D eigenvalue weighted by Crippen LogP contribution is 2.18. The van der Waals surface area contributed by atoms with Gasteiger partial charge in [0.2, 0.25) is 0 Å². The van der Waals surface area contributed by atoms with Gasteiger partial charge >= 0.3 is 0 Å². The van der Waals surface area contributed by atoms with Crippen LogP contribution in [0.25, 0.3) is 0 Å². The van der Waals surface area contributed by atoms with Crippen molar-refractivity contribution in [2.75, 3.05) is 0 Å². The normalized spacial score (nSPS) is 15.7. The molecule has 0 aromatic heterocycles. The van der Waals surface area contributed by atoms with Crippen molar-refractivity contribution in [2.45, 2.75) is 59.6 Å². The quantitative estimate of drug-likeness (QED) is 0.401. The van der Waals surface area contributed by atoms with Gasteiger partial charge < -0.3 is 0 Å². The summed E-state index contributed by atoms with van der Waals surface area (Å²) in [7, 11) is 1.42. The van der Waals surface area contributed by atoms with Crippen LogP contribution >= 0.6 is 0 Å². The van der Waals surface area contributed by atoms with E-state index < -0.39 is 0 Å². The van der Waals surface area contributed by atoms with Crippen molar-refractivity contribution in [3.8, 4) is 0 Å². The molecule has 0 aromatic carbocycles. The van der Waals surface area contributed by atoms with E-state index in [1.807, 2.05) is 0 Å². The van der Waals surface area contributed by atoms with Crippen LogP contribution in [0, 0.1) is 11.8 Å². The predicted octanol–water partition coefficient (Wildman–Crippen LogP) is 3.74. The Morgan fingerprint density at radius 1 is 1.08 bits per heavy atom. The van der Waals surface area contributed by atoms with Crippen molar-refractivity contribution >= 4 is 7.28 Å². The van der Waals surface area contributed by atoms with E-state index in [1.54, 1.807) is 0 Å². The summed E-state index contributed by atoms with van der Waals surface area (Å²) >= 11 is 0. The molecule has 0 aliphatic heterocycles. The van der Waals surface area contributed by atoms with E-state index in [-0.39, 0.29) is 0 Å². The summed E-state index contributed by atoms with van der Waals surface area (Å²) < 4.78 is 0. The standard InChI is InChI=1S/C11H25B/c1-5-10(3)9-11(4)7-8-12-6-2/h10-12H,5-9H2,1-4H3. The first-order chi connectivity index (χ1) is 5.70. The fourth-order valence-electron chi connectivity index (χ4n) is 1.71. The van der Waals surface area contributed by atoms with Crippen LogP contribution in [0.3, 0.4) is 0 Å². The lowest BCUT2D eigenvalue weighted by molar-refractivity contribution is 0.397. The molecule has 0 amide bonds. The van der Waals surface area contributed by atoms with E-state index in [4.69, 9.17) is 0 Å². The minimum Gasteiger partial charge on any atom is -0.0803 e. The molecule has 1 heteroatoms. The summed E-state index contributed by atoms with van der Waals surface area (Å²) in [5.41, 5.74) is 0. The highest BCUT2D eigenvalue weighted by atomic mass is 14.1. The third-order valence-corrected chi connectivity index (χ3v) is 2.80. The maximum absolute atomic E-state index is 2.40. The molecule has 0 saturated heterocycles. The van der Waals surface area contributed by atoms with E-state index in [0.29, 0.717) is 0 Å². The largest absolute Gasteiger partial charge is 0.120 e. The molecule has 0 nitrogen and oxygen atoms in total. The van der Waals surface area contributed by atoms with Gasteiger partial charge in [0.25, 0.3) is 0 Å². The topological polar surface area (TPSA) is 0 Å². The third kappa shape index (κ3) is 6.76. The maximum Gasteiger partial charge on any atom is 0.120 e. The van der Waals surface area contributed by atoms with Crippen molar-refractivity contribution in [3.63, 3.8) is 0 Å². The van der Waals surface area contributed by atoms with E-state index in [0.717, 1.165) is 11.8 Å². The number of hydrogen-bond donors (Lipinski definition) is 0. The van der Waals surface area contributed by atoms with Crippen LogP contribution in [0.1, 0.15) is 47.0 Å². The lowest BCUT2D eigenvalue weighted by Crippen LogP contribution is -2.03. The van der Waals surface area contributed by atoms with E-state index >= 15 is 0 Å². The van der Waals surface area contributed by atoms with Gasteiger partial charge in [-0.25, -0.2) is 0 Å². The molecule has 0 saturated carbocycles.